The van der Waals surface area contributed by atoms with Crippen molar-refractivity contribution >= 4 is 39.1 Å². The summed E-state index contributed by atoms with van der Waals surface area (Å²) in [5.74, 6) is -1.33. The third-order valence-electron chi connectivity index (χ3n) is 3.42. The lowest BCUT2D eigenvalue weighted by Gasteiger charge is -2.18. The average molecular weight is 324 g/mol. The number of Topliss-reactive ketones (excluding diaryl/α,β-unsaturated/α-hetero) is 2. The Morgan fingerprint density at radius 2 is 2.05 bits per heavy atom. The van der Waals surface area contributed by atoms with Gasteiger partial charge in [-0.3, -0.25) is 19.3 Å². The number of rotatable bonds is 4. The summed E-state index contributed by atoms with van der Waals surface area (Å²) in [6.45, 7) is 3.70. The summed E-state index contributed by atoms with van der Waals surface area (Å²) in [5, 5.41) is 0. The van der Waals surface area contributed by atoms with Crippen LogP contribution in [0.25, 0.3) is 0 Å². The first-order chi connectivity index (χ1) is 8.97. The van der Waals surface area contributed by atoms with Gasteiger partial charge >= 0.3 is 0 Å². The number of carbonyl (C=O) groups excluding carboxylic acids is 3. The van der Waals surface area contributed by atoms with Gasteiger partial charge in [-0.1, -0.05) is 19.9 Å². The number of halogens is 1. The van der Waals surface area contributed by atoms with E-state index in [1.165, 1.54) is 4.90 Å². The molecule has 1 amide bonds. The van der Waals surface area contributed by atoms with Gasteiger partial charge in [-0.15, -0.1) is 0 Å². The summed E-state index contributed by atoms with van der Waals surface area (Å²) in [7, 11) is 0. The molecule has 1 aliphatic rings. The zero-order chi connectivity index (χ0) is 14.2. The molecule has 1 aromatic rings. The Bertz CT molecular complexity index is 568. The molecule has 19 heavy (non-hydrogen) atoms. The van der Waals surface area contributed by atoms with Crippen molar-refractivity contribution in [1.29, 1.82) is 0 Å². The van der Waals surface area contributed by atoms with Gasteiger partial charge in [-0.2, -0.15) is 0 Å². The van der Waals surface area contributed by atoms with E-state index in [9.17, 15) is 14.4 Å². The number of fused-ring (bicyclic) bond motifs is 1. The van der Waals surface area contributed by atoms with Crippen molar-refractivity contribution in [3.05, 3.63) is 28.2 Å². The Morgan fingerprint density at radius 1 is 1.37 bits per heavy atom. The molecule has 0 fully saturated rings. The lowest BCUT2D eigenvalue weighted by Crippen LogP contribution is -2.36. The van der Waals surface area contributed by atoms with Gasteiger partial charge in [0.1, 0.15) is 0 Å². The van der Waals surface area contributed by atoms with E-state index in [4.69, 9.17) is 0 Å². The molecule has 0 aliphatic carbocycles. The Labute approximate surface area is 119 Å². The third kappa shape index (κ3) is 2.34. The Balaban J connectivity index is 2.36. The Morgan fingerprint density at radius 3 is 2.68 bits per heavy atom. The molecule has 4 nitrogen and oxygen atoms in total. The second-order valence-electron chi connectivity index (χ2n) is 4.63. The highest BCUT2D eigenvalue weighted by Crippen LogP contribution is 2.35. The van der Waals surface area contributed by atoms with E-state index >= 15 is 0 Å². The van der Waals surface area contributed by atoms with Crippen LogP contribution >= 0.6 is 15.9 Å². The molecule has 0 spiro atoms. The molecule has 1 aromatic carbocycles. The highest BCUT2D eigenvalue weighted by Gasteiger charge is 2.38. The molecule has 100 valence electrons. The fourth-order valence-electron chi connectivity index (χ4n) is 2.00. The minimum Gasteiger partial charge on any atom is -0.297 e. The lowest BCUT2D eigenvalue weighted by molar-refractivity contribution is -0.123. The number of hydrogen-bond acceptors (Lipinski definition) is 3. The predicted octanol–water partition coefficient (Wildman–Crippen LogP) is 2.59. The number of amides is 1. The van der Waals surface area contributed by atoms with E-state index in [1.54, 1.807) is 18.2 Å². The van der Waals surface area contributed by atoms with E-state index in [1.807, 2.05) is 13.8 Å². The maximum atomic E-state index is 12.0. The molecular formula is C14H14BrNO3. The predicted molar refractivity (Wildman–Crippen MR) is 75.3 cm³/mol. The molecule has 1 atom stereocenters. The standard InChI is InChI=1S/C14H14BrNO3/c1-3-8(2)11(17)7-16-12-9(13(18)14(16)19)5-4-6-10(12)15/h4-6,8H,3,7H2,1-2H3. The first kappa shape index (κ1) is 13.9. The van der Waals surface area contributed by atoms with Crippen LogP contribution < -0.4 is 4.90 Å². The van der Waals surface area contributed by atoms with Crippen LogP contribution in [-0.4, -0.2) is 24.0 Å². The quantitative estimate of drug-likeness (QED) is 0.800. The highest BCUT2D eigenvalue weighted by molar-refractivity contribution is 9.10. The molecule has 0 saturated heterocycles. The normalized spacial score (nSPS) is 15.6. The number of para-hydroxylation sites is 1. The second kappa shape index (κ2) is 5.25. The Hall–Kier alpha value is -1.49. The fraction of sp³-hybridized carbons (Fsp3) is 0.357. The summed E-state index contributed by atoms with van der Waals surface area (Å²) < 4.78 is 0.654. The van der Waals surface area contributed by atoms with Gasteiger partial charge in [0.25, 0.3) is 11.7 Å². The van der Waals surface area contributed by atoms with Gasteiger partial charge in [-0.05, 0) is 34.5 Å². The van der Waals surface area contributed by atoms with Gasteiger partial charge in [0, 0.05) is 10.4 Å². The van der Waals surface area contributed by atoms with Gasteiger partial charge in [-0.25, -0.2) is 0 Å². The first-order valence-corrected chi connectivity index (χ1v) is 6.94. The number of ketones is 2. The maximum absolute atomic E-state index is 12.0. The number of nitrogens with zero attached hydrogens (tertiary/aromatic N) is 1. The van der Waals surface area contributed by atoms with E-state index in [0.29, 0.717) is 15.7 Å². The smallest absolute Gasteiger partial charge is 0.297 e. The largest absolute Gasteiger partial charge is 0.299 e. The SMILES string of the molecule is CCC(C)C(=O)CN1C(=O)C(=O)c2cccc(Br)c21. The molecule has 0 radical (unpaired) electrons. The summed E-state index contributed by atoms with van der Waals surface area (Å²) in [4.78, 5) is 37.1. The van der Waals surface area contributed by atoms with E-state index in [0.717, 1.165) is 6.42 Å². The summed E-state index contributed by atoms with van der Waals surface area (Å²) in [6, 6.07) is 5.06. The van der Waals surface area contributed by atoms with Crippen molar-refractivity contribution in [2.24, 2.45) is 5.92 Å². The maximum Gasteiger partial charge on any atom is 0.299 e. The number of hydrogen-bond donors (Lipinski definition) is 0. The van der Waals surface area contributed by atoms with E-state index in [-0.39, 0.29) is 18.2 Å². The fourth-order valence-corrected chi connectivity index (χ4v) is 2.58. The monoisotopic (exact) mass is 323 g/mol. The van der Waals surface area contributed by atoms with Gasteiger partial charge < -0.3 is 0 Å². The molecule has 2 rings (SSSR count). The van der Waals surface area contributed by atoms with Crippen molar-refractivity contribution in [3.8, 4) is 0 Å². The first-order valence-electron chi connectivity index (χ1n) is 6.14. The minimum absolute atomic E-state index is 0.0350. The molecule has 1 aliphatic heterocycles. The van der Waals surface area contributed by atoms with Gasteiger partial charge in [0.15, 0.2) is 5.78 Å². The van der Waals surface area contributed by atoms with Crippen LogP contribution in [0.2, 0.25) is 0 Å². The molecule has 1 heterocycles. The molecule has 0 saturated carbocycles. The van der Waals surface area contributed by atoms with Crippen molar-refractivity contribution in [2.45, 2.75) is 20.3 Å². The van der Waals surface area contributed by atoms with Crippen LogP contribution in [0.15, 0.2) is 22.7 Å². The second-order valence-corrected chi connectivity index (χ2v) is 5.49. The topological polar surface area (TPSA) is 54.5 Å². The number of carbonyl (C=O) groups is 3. The van der Waals surface area contributed by atoms with E-state index in [2.05, 4.69) is 15.9 Å². The average Bonchev–Trinajstić information content (AvgIpc) is 2.64. The number of anilines is 1. The number of benzene rings is 1. The molecule has 0 bridgehead atoms. The van der Waals surface area contributed by atoms with Crippen molar-refractivity contribution in [1.82, 2.24) is 0 Å². The summed E-state index contributed by atoms with van der Waals surface area (Å²) in [5.41, 5.74) is 0.866. The molecule has 5 heteroatoms. The van der Waals surface area contributed by atoms with Crippen LogP contribution in [0.4, 0.5) is 5.69 Å². The van der Waals surface area contributed by atoms with E-state index < -0.39 is 11.7 Å². The van der Waals surface area contributed by atoms with Crippen molar-refractivity contribution in [2.75, 3.05) is 11.4 Å². The molecule has 0 aromatic heterocycles. The van der Waals surface area contributed by atoms with Gasteiger partial charge in [0.2, 0.25) is 0 Å². The molecular weight excluding hydrogens is 310 g/mol. The zero-order valence-electron chi connectivity index (χ0n) is 10.8. The van der Waals surface area contributed by atoms with Crippen LogP contribution in [-0.2, 0) is 9.59 Å². The van der Waals surface area contributed by atoms with Crippen LogP contribution in [0, 0.1) is 5.92 Å². The summed E-state index contributed by atoms with van der Waals surface area (Å²) in [6.07, 6.45) is 0.720. The third-order valence-corrected chi connectivity index (χ3v) is 4.06. The van der Waals surface area contributed by atoms with Crippen molar-refractivity contribution < 1.29 is 14.4 Å². The van der Waals surface area contributed by atoms with Crippen LogP contribution in [0.3, 0.4) is 0 Å². The summed E-state index contributed by atoms with van der Waals surface area (Å²) >= 11 is 3.33. The molecule has 1 unspecified atom stereocenters. The van der Waals surface area contributed by atoms with Crippen LogP contribution in [0.1, 0.15) is 30.6 Å². The zero-order valence-corrected chi connectivity index (χ0v) is 12.4. The Kier molecular flexibility index (Phi) is 3.85. The van der Waals surface area contributed by atoms with Crippen molar-refractivity contribution in [3.63, 3.8) is 0 Å². The minimum atomic E-state index is -0.626. The highest BCUT2D eigenvalue weighted by atomic mass is 79.9. The molecule has 0 N–H and O–H groups in total. The van der Waals surface area contributed by atoms with Gasteiger partial charge in [0.05, 0.1) is 17.8 Å². The lowest BCUT2D eigenvalue weighted by atomic mass is 10.0. The van der Waals surface area contributed by atoms with Crippen LogP contribution in [0.5, 0.6) is 0 Å².